The van der Waals surface area contributed by atoms with Crippen molar-refractivity contribution < 1.29 is 0 Å². The summed E-state index contributed by atoms with van der Waals surface area (Å²) in [6.45, 7) is 8.41. The van der Waals surface area contributed by atoms with Crippen LogP contribution in [0.15, 0.2) is 24.3 Å². The normalized spacial score (nSPS) is 25.6. The standard InChI is InChI=1S/C17H27N3/c1-14-6-3-4-8-16(14)17(18-2)13-19-10-11-20-9-5-7-15(20)12-19/h3-4,6,8,15,17-18H,5,7,9-13H2,1-2H3. The van der Waals surface area contributed by atoms with Crippen LogP contribution in [0, 0.1) is 6.92 Å². The minimum Gasteiger partial charge on any atom is -0.312 e. The third-order valence-electron chi connectivity index (χ3n) is 5.02. The van der Waals surface area contributed by atoms with Gasteiger partial charge in [0.15, 0.2) is 0 Å². The molecule has 2 aliphatic heterocycles. The minimum absolute atomic E-state index is 0.448. The molecule has 2 fully saturated rings. The highest BCUT2D eigenvalue weighted by Crippen LogP contribution is 2.24. The molecule has 0 saturated carbocycles. The Morgan fingerprint density at radius 3 is 2.90 bits per heavy atom. The summed E-state index contributed by atoms with van der Waals surface area (Å²) < 4.78 is 0. The number of hydrogen-bond donors (Lipinski definition) is 1. The molecule has 1 aromatic carbocycles. The molecule has 110 valence electrons. The van der Waals surface area contributed by atoms with Gasteiger partial charge in [0.1, 0.15) is 0 Å². The van der Waals surface area contributed by atoms with Crippen molar-refractivity contribution in [1.29, 1.82) is 0 Å². The minimum atomic E-state index is 0.448. The first-order valence-electron chi connectivity index (χ1n) is 7.97. The number of nitrogens with one attached hydrogen (secondary N) is 1. The van der Waals surface area contributed by atoms with Gasteiger partial charge in [-0.3, -0.25) is 9.80 Å². The summed E-state index contributed by atoms with van der Waals surface area (Å²) in [7, 11) is 2.09. The Labute approximate surface area is 123 Å². The summed E-state index contributed by atoms with van der Waals surface area (Å²) in [6, 6.07) is 10.0. The van der Waals surface area contributed by atoms with Gasteiger partial charge in [-0.25, -0.2) is 0 Å². The maximum absolute atomic E-state index is 3.51. The lowest BCUT2D eigenvalue weighted by Crippen LogP contribution is -2.51. The summed E-state index contributed by atoms with van der Waals surface area (Å²) in [6.07, 6.45) is 2.79. The summed E-state index contributed by atoms with van der Waals surface area (Å²) in [4.78, 5) is 5.33. The highest BCUT2D eigenvalue weighted by atomic mass is 15.3. The Morgan fingerprint density at radius 1 is 1.25 bits per heavy atom. The van der Waals surface area contributed by atoms with Crippen LogP contribution in [0.1, 0.15) is 30.0 Å². The molecule has 2 saturated heterocycles. The van der Waals surface area contributed by atoms with Gasteiger partial charge in [0.25, 0.3) is 0 Å². The Hall–Kier alpha value is -0.900. The zero-order valence-electron chi connectivity index (χ0n) is 12.8. The number of aryl methyl sites for hydroxylation is 1. The van der Waals surface area contributed by atoms with Gasteiger partial charge in [-0.1, -0.05) is 24.3 Å². The fourth-order valence-corrected chi connectivity index (χ4v) is 3.80. The number of likely N-dealkylation sites (N-methyl/N-ethyl adjacent to an activating group) is 1. The van der Waals surface area contributed by atoms with Crippen LogP contribution in [0.25, 0.3) is 0 Å². The van der Waals surface area contributed by atoms with E-state index in [1.807, 2.05) is 0 Å². The van der Waals surface area contributed by atoms with Crippen LogP contribution in [-0.4, -0.2) is 55.6 Å². The zero-order chi connectivity index (χ0) is 13.9. The van der Waals surface area contributed by atoms with E-state index in [1.54, 1.807) is 0 Å². The first-order chi connectivity index (χ1) is 9.78. The lowest BCUT2D eigenvalue weighted by molar-refractivity contribution is 0.0971. The molecule has 1 N–H and O–H groups in total. The van der Waals surface area contributed by atoms with Gasteiger partial charge in [0.2, 0.25) is 0 Å². The van der Waals surface area contributed by atoms with E-state index < -0.39 is 0 Å². The number of fused-ring (bicyclic) bond motifs is 1. The van der Waals surface area contributed by atoms with Gasteiger partial charge in [0, 0.05) is 38.3 Å². The summed E-state index contributed by atoms with van der Waals surface area (Å²) >= 11 is 0. The number of benzene rings is 1. The van der Waals surface area contributed by atoms with Gasteiger partial charge in [-0.2, -0.15) is 0 Å². The highest BCUT2D eigenvalue weighted by molar-refractivity contribution is 5.29. The van der Waals surface area contributed by atoms with E-state index in [2.05, 4.69) is 53.4 Å². The Morgan fingerprint density at radius 2 is 2.10 bits per heavy atom. The maximum Gasteiger partial charge on any atom is 0.0449 e. The average Bonchev–Trinajstić information content (AvgIpc) is 2.93. The van der Waals surface area contributed by atoms with Crippen LogP contribution in [0.2, 0.25) is 0 Å². The number of hydrogen-bond acceptors (Lipinski definition) is 3. The van der Waals surface area contributed by atoms with Gasteiger partial charge >= 0.3 is 0 Å². The quantitative estimate of drug-likeness (QED) is 0.905. The molecule has 1 aromatic rings. The largest absolute Gasteiger partial charge is 0.312 e. The lowest BCUT2D eigenvalue weighted by Gasteiger charge is -2.39. The SMILES string of the molecule is CNC(CN1CCN2CCCC2C1)c1ccccc1C. The van der Waals surface area contributed by atoms with Crippen molar-refractivity contribution in [2.45, 2.75) is 31.8 Å². The Bertz CT molecular complexity index is 446. The van der Waals surface area contributed by atoms with Crippen molar-refractivity contribution in [1.82, 2.24) is 15.1 Å². The summed E-state index contributed by atoms with van der Waals surface area (Å²) in [5.74, 6) is 0. The van der Waals surface area contributed by atoms with Crippen molar-refractivity contribution in [2.24, 2.45) is 0 Å². The van der Waals surface area contributed by atoms with E-state index in [4.69, 9.17) is 0 Å². The fourth-order valence-electron chi connectivity index (χ4n) is 3.80. The molecule has 0 aliphatic carbocycles. The smallest absolute Gasteiger partial charge is 0.0449 e. The third kappa shape index (κ3) is 2.90. The molecular weight excluding hydrogens is 246 g/mol. The van der Waals surface area contributed by atoms with Crippen molar-refractivity contribution in [3.63, 3.8) is 0 Å². The third-order valence-corrected chi connectivity index (χ3v) is 5.02. The molecule has 3 heteroatoms. The molecule has 3 rings (SSSR count). The maximum atomic E-state index is 3.51. The second kappa shape index (κ2) is 6.25. The van der Waals surface area contributed by atoms with Crippen LogP contribution in [0.4, 0.5) is 0 Å². The predicted molar refractivity (Wildman–Crippen MR) is 84.0 cm³/mol. The summed E-state index contributed by atoms with van der Waals surface area (Å²) in [5.41, 5.74) is 2.84. The molecular formula is C17H27N3. The van der Waals surface area contributed by atoms with Crippen LogP contribution in [0.5, 0.6) is 0 Å². The first kappa shape index (κ1) is 14.1. The van der Waals surface area contributed by atoms with Crippen molar-refractivity contribution in [2.75, 3.05) is 39.8 Å². The molecule has 2 heterocycles. The monoisotopic (exact) mass is 273 g/mol. The molecule has 0 bridgehead atoms. The molecule has 2 unspecified atom stereocenters. The number of rotatable bonds is 4. The van der Waals surface area contributed by atoms with Crippen molar-refractivity contribution >= 4 is 0 Å². The summed E-state index contributed by atoms with van der Waals surface area (Å²) in [5, 5.41) is 3.51. The van der Waals surface area contributed by atoms with Gasteiger partial charge in [-0.15, -0.1) is 0 Å². The van der Waals surface area contributed by atoms with Crippen LogP contribution in [-0.2, 0) is 0 Å². The van der Waals surface area contributed by atoms with Crippen molar-refractivity contribution in [3.8, 4) is 0 Å². The molecule has 3 nitrogen and oxygen atoms in total. The van der Waals surface area contributed by atoms with E-state index in [1.165, 1.54) is 50.1 Å². The molecule has 0 spiro atoms. The van der Waals surface area contributed by atoms with Gasteiger partial charge in [-0.05, 0) is 44.5 Å². The topological polar surface area (TPSA) is 18.5 Å². The average molecular weight is 273 g/mol. The van der Waals surface area contributed by atoms with E-state index in [0.29, 0.717) is 6.04 Å². The second-order valence-corrected chi connectivity index (χ2v) is 6.29. The highest BCUT2D eigenvalue weighted by Gasteiger charge is 2.31. The van der Waals surface area contributed by atoms with Crippen LogP contribution >= 0.6 is 0 Å². The van der Waals surface area contributed by atoms with Crippen LogP contribution in [0.3, 0.4) is 0 Å². The number of piperazine rings is 1. The second-order valence-electron chi connectivity index (χ2n) is 6.29. The Kier molecular flexibility index (Phi) is 4.39. The fraction of sp³-hybridized carbons (Fsp3) is 0.647. The van der Waals surface area contributed by atoms with Crippen LogP contribution < -0.4 is 5.32 Å². The Balaban J connectivity index is 1.65. The van der Waals surface area contributed by atoms with E-state index in [9.17, 15) is 0 Å². The van der Waals surface area contributed by atoms with E-state index in [-0.39, 0.29) is 0 Å². The number of nitrogens with zero attached hydrogens (tertiary/aromatic N) is 2. The zero-order valence-corrected chi connectivity index (χ0v) is 12.8. The van der Waals surface area contributed by atoms with E-state index >= 15 is 0 Å². The molecule has 0 aromatic heterocycles. The molecule has 20 heavy (non-hydrogen) atoms. The lowest BCUT2D eigenvalue weighted by atomic mass is 10.0. The van der Waals surface area contributed by atoms with Crippen molar-refractivity contribution in [3.05, 3.63) is 35.4 Å². The first-order valence-corrected chi connectivity index (χ1v) is 7.97. The van der Waals surface area contributed by atoms with Gasteiger partial charge in [0.05, 0.1) is 0 Å². The molecule has 2 aliphatic rings. The molecule has 0 amide bonds. The molecule has 0 radical (unpaired) electrons. The van der Waals surface area contributed by atoms with E-state index in [0.717, 1.165) is 12.6 Å². The van der Waals surface area contributed by atoms with Gasteiger partial charge < -0.3 is 5.32 Å². The molecule has 2 atom stereocenters. The predicted octanol–water partition coefficient (Wildman–Crippen LogP) is 2.04.